The van der Waals surface area contributed by atoms with Gasteiger partial charge in [-0.3, -0.25) is 9.59 Å². The van der Waals surface area contributed by atoms with Crippen LogP contribution in [0.25, 0.3) is 6.08 Å². The molecule has 4 rings (SSSR count). The quantitative estimate of drug-likeness (QED) is 0.334. The average molecular weight is 460 g/mol. The number of ketones is 1. The highest BCUT2D eigenvalue weighted by atomic mass is 32.2. The van der Waals surface area contributed by atoms with Gasteiger partial charge < -0.3 is 10.0 Å². The van der Waals surface area contributed by atoms with Crippen LogP contribution in [0.3, 0.4) is 0 Å². The Morgan fingerprint density at radius 2 is 1.53 bits per heavy atom. The van der Waals surface area contributed by atoms with E-state index >= 15 is 0 Å². The maximum Gasteiger partial charge on any atom is 0.304 e. The number of anilines is 3. The molecule has 3 aromatic rings. The van der Waals surface area contributed by atoms with Gasteiger partial charge in [-0.15, -0.1) is 0 Å². The molecule has 6 heteroatoms. The maximum atomic E-state index is 12.6. The number of carboxylic acid groups (broad SMARTS) is 1. The van der Waals surface area contributed by atoms with Crippen molar-refractivity contribution in [1.29, 1.82) is 0 Å². The van der Waals surface area contributed by atoms with E-state index < -0.39 is 11.9 Å². The van der Waals surface area contributed by atoms with Gasteiger partial charge in [0.15, 0.2) is 5.78 Å². The number of benzene rings is 3. The van der Waals surface area contributed by atoms with E-state index in [9.17, 15) is 9.59 Å². The van der Waals surface area contributed by atoms with Crippen LogP contribution in [0.5, 0.6) is 0 Å². The van der Waals surface area contributed by atoms with Gasteiger partial charge >= 0.3 is 5.97 Å². The summed E-state index contributed by atoms with van der Waals surface area (Å²) in [7, 11) is 0. The van der Waals surface area contributed by atoms with Crippen molar-refractivity contribution < 1.29 is 14.7 Å². The van der Waals surface area contributed by atoms with Crippen LogP contribution in [0.15, 0.2) is 83.8 Å². The van der Waals surface area contributed by atoms with Crippen LogP contribution < -0.4 is 4.90 Å². The molecule has 1 N–H and O–H groups in total. The van der Waals surface area contributed by atoms with Crippen molar-refractivity contribution in [3.63, 3.8) is 0 Å². The molecule has 3 aromatic carbocycles. The van der Waals surface area contributed by atoms with Crippen molar-refractivity contribution in [1.82, 2.24) is 0 Å². The largest absolute Gasteiger partial charge is 0.481 e. The van der Waals surface area contributed by atoms with Crippen LogP contribution in [-0.4, -0.2) is 21.1 Å². The van der Waals surface area contributed by atoms with Crippen LogP contribution in [-0.2, 0) is 9.59 Å². The van der Waals surface area contributed by atoms with Crippen LogP contribution in [0.1, 0.15) is 17.5 Å². The highest BCUT2D eigenvalue weighted by molar-refractivity contribution is 8.27. The first-order valence-corrected chi connectivity index (χ1v) is 11.4. The number of aliphatic carboxylic acids is 1. The topological polar surface area (TPSA) is 57.6 Å². The number of hydrogen-bond donors (Lipinski definition) is 1. The number of thiocarbonyl (C=S) groups is 1. The minimum Gasteiger partial charge on any atom is -0.481 e. The zero-order valence-electron chi connectivity index (χ0n) is 17.4. The molecule has 160 valence electrons. The molecule has 0 saturated carbocycles. The molecule has 1 unspecified atom stereocenters. The molecule has 0 spiro atoms. The SMILES string of the molecule is Cc1ccc(N(c2ccccc2)c2ccc(/C=C3/SC(=S)C(CC(=O)O)C3=O)cc2)cc1. The molecule has 1 atom stereocenters. The molecular formula is C26H21NO3S2. The third-order valence-corrected chi connectivity index (χ3v) is 6.75. The van der Waals surface area contributed by atoms with Crippen LogP contribution >= 0.6 is 24.0 Å². The summed E-state index contributed by atoms with van der Waals surface area (Å²) >= 11 is 6.43. The summed E-state index contributed by atoms with van der Waals surface area (Å²) < 4.78 is 0.426. The van der Waals surface area contributed by atoms with Crippen molar-refractivity contribution in [2.24, 2.45) is 5.92 Å². The van der Waals surface area contributed by atoms with Gasteiger partial charge in [0, 0.05) is 17.1 Å². The molecule has 0 radical (unpaired) electrons. The second kappa shape index (κ2) is 9.51. The van der Waals surface area contributed by atoms with Gasteiger partial charge in [0.1, 0.15) is 0 Å². The minimum atomic E-state index is -1.02. The first kappa shape index (κ1) is 22.0. The molecule has 1 aliphatic heterocycles. The zero-order chi connectivity index (χ0) is 22.7. The fraction of sp³-hybridized carbons (Fsp3) is 0.115. The number of thioether (sulfide) groups is 1. The van der Waals surface area contributed by atoms with Gasteiger partial charge in [-0.05, 0) is 55.0 Å². The van der Waals surface area contributed by atoms with Gasteiger partial charge in [0.25, 0.3) is 0 Å². The Kier molecular flexibility index (Phi) is 6.53. The lowest BCUT2D eigenvalue weighted by Gasteiger charge is -2.25. The Balaban J connectivity index is 1.63. The summed E-state index contributed by atoms with van der Waals surface area (Å²) in [5.74, 6) is -1.96. The number of aryl methyl sites for hydroxylation is 1. The van der Waals surface area contributed by atoms with Gasteiger partial charge in [-0.1, -0.05) is 72.0 Å². The first-order valence-electron chi connectivity index (χ1n) is 10.1. The van der Waals surface area contributed by atoms with Gasteiger partial charge in [0.05, 0.1) is 21.4 Å². The minimum absolute atomic E-state index is 0.211. The highest BCUT2D eigenvalue weighted by Crippen LogP contribution is 2.38. The number of nitrogens with zero attached hydrogens (tertiary/aromatic N) is 1. The van der Waals surface area contributed by atoms with Crippen molar-refractivity contribution in [3.05, 3.63) is 94.9 Å². The van der Waals surface area contributed by atoms with E-state index in [-0.39, 0.29) is 12.2 Å². The number of hydrogen-bond acceptors (Lipinski definition) is 5. The molecule has 1 heterocycles. The number of carbonyl (C=O) groups excluding carboxylic acids is 1. The standard InChI is InChI=1S/C26H21NO3S2/c1-17-7-11-20(12-8-17)27(19-5-3-2-4-6-19)21-13-9-18(10-14-21)15-23-25(30)22(16-24(28)29)26(31)32-23/h2-15,22H,16H2,1H3,(H,28,29)/b23-15+. The Labute approximate surface area is 196 Å². The zero-order valence-corrected chi connectivity index (χ0v) is 19.0. The molecule has 4 nitrogen and oxygen atoms in total. The Hall–Kier alpha value is -3.22. The third kappa shape index (κ3) is 4.82. The lowest BCUT2D eigenvalue weighted by atomic mass is 10.0. The Morgan fingerprint density at radius 1 is 0.969 bits per heavy atom. The van der Waals surface area contributed by atoms with Crippen molar-refractivity contribution in [2.45, 2.75) is 13.3 Å². The molecule has 0 bridgehead atoms. The molecule has 32 heavy (non-hydrogen) atoms. The summed E-state index contributed by atoms with van der Waals surface area (Å²) in [6, 6.07) is 26.4. The molecule has 0 amide bonds. The summed E-state index contributed by atoms with van der Waals surface area (Å²) in [5, 5.41) is 9.03. The lowest BCUT2D eigenvalue weighted by Crippen LogP contribution is -2.17. The Bertz CT molecular complexity index is 1190. The van der Waals surface area contributed by atoms with E-state index in [4.69, 9.17) is 17.3 Å². The molecule has 1 aliphatic rings. The van der Waals surface area contributed by atoms with Crippen molar-refractivity contribution in [3.8, 4) is 0 Å². The number of carboxylic acids is 1. The van der Waals surface area contributed by atoms with E-state index in [0.717, 1.165) is 22.6 Å². The summed E-state index contributed by atoms with van der Waals surface area (Å²) in [6.07, 6.45) is 1.52. The van der Waals surface area contributed by atoms with E-state index in [1.54, 1.807) is 6.08 Å². The number of allylic oxidation sites excluding steroid dienone is 1. The van der Waals surface area contributed by atoms with Gasteiger partial charge in [-0.25, -0.2) is 0 Å². The highest BCUT2D eigenvalue weighted by Gasteiger charge is 2.36. The number of carbonyl (C=O) groups is 2. The number of para-hydroxylation sites is 1. The summed E-state index contributed by atoms with van der Waals surface area (Å²) in [4.78, 5) is 26.3. The molecule has 1 fully saturated rings. The van der Waals surface area contributed by atoms with E-state index in [0.29, 0.717) is 9.10 Å². The van der Waals surface area contributed by atoms with E-state index in [1.807, 2.05) is 42.5 Å². The van der Waals surface area contributed by atoms with Crippen molar-refractivity contribution in [2.75, 3.05) is 4.90 Å². The molecule has 0 aliphatic carbocycles. The third-order valence-electron chi connectivity index (χ3n) is 5.19. The smallest absolute Gasteiger partial charge is 0.304 e. The summed E-state index contributed by atoms with van der Waals surface area (Å²) in [6.45, 7) is 2.06. The van der Waals surface area contributed by atoms with Crippen LogP contribution in [0.4, 0.5) is 17.1 Å². The second-order valence-corrected chi connectivity index (χ2v) is 9.32. The van der Waals surface area contributed by atoms with Crippen molar-refractivity contribution >= 4 is 63.1 Å². The average Bonchev–Trinajstić information content (AvgIpc) is 3.04. The normalized spacial score (nSPS) is 17.0. The fourth-order valence-corrected chi connectivity index (χ4v) is 5.00. The Morgan fingerprint density at radius 3 is 2.12 bits per heavy atom. The van der Waals surface area contributed by atoms with E-state index in [1.165, 1.54) is 17.3 Å². The van der Waals surface area contributed by atoms with Gasteiger partial charge in [-0.2, -0.15) is 0 Å². The monoisotopic (exact) mass is 459 g/mol. The van der Waals surface area contributed by atoms with E-state index in [2.05, 4.69) is 48.2 Å². The predicted molar refractivity (Wildman–Crippen MR) is 135 cm³/mol. The van der Waals surface area contributed by atoms with Gasteiger partial charge in [0.2, 0.25) is 0 Å². The maximum absolute atomic E-state index is 12.6. The second-order valence-electron chi connectivity index (χ2n) is 7.54. The first-order chi connectivity index (χ1) is 15.4. The number of rotatable bonds is 6. The molecular weight excluding hydrogens is 438 g/mol. The van der Waals surface area contributed by atoms with Crippen LogP contribution in [0, 0.1) is 12.8 Å². The number of Topliss-reactive ketones (excluding diaryl/α,β-unsaturated/α-hetero) is 1. The lowest BCUT2D eigenvalue weighted by molar-refractivity contribution is -0.139. The fourth-order valence-electron chi connectivity index (χ4n) is 3.55. The summed E-state index contributed by atoms with van der Waals surface area (Å²) in [5.41, 5.74) is 5.15. The molecule has 1 saturated heterocycles. The van der Waals surface area contributed by atoms with Crippen LogP contribution in [0.2, 0.25) is 0 Å². The predicted octanol–water partition coefficient (Wildman–Crippen LogP) is 6.54. The molecule has 0 aromatic heterocycles.